The van der Waals surface area contributed by atoms with E-state index in [9.17, 15) is 0 Å². The molecule has 0 aromatic heterocycles. The maximum absolute atomic E-state index is 4.13. The molecule has 4 aromatic carbocycles. The maximum atomic E-state index is 2.84. The van der Waals surface area contributed by atoms with Crippen LogP contribution in [0.4, 0.5) is 0 Å². The van der Waals surface area contributed by atoms with E-state index in [-0.39, 0.29) is 0 Å². The molecule has 4 aromatic rings. The molecular weight excluding hydrogens is 695 g/mol. The Morgan fingerprint density at radius 1 is 0.591 bits per heavy atom. The van der Waals surface area contributed by atoms with Gasteiger partial charge in [-0.15, -0.1) is 0 Å². The molecule has 2 atom stereocenters. The van der Waals surface area contributed by atoms with Gasteiger partial charge in [0.1, 0.15) is 0 Å². The monoisotopic (exact) mass is 746 g/mol. The number of allylic oxidation sites excluding steroid dienone is 2. The fourth-order valence-electron chi connectivity index (χ4n) is 8.70. The first kappa shape index (κ1) is 31.1. The van der Waals surface area contributed by atoms with Crippen molar-refractivity contribution in [1.82, 2.24) is 0 Å². The second-order valence-corrected chi connectivity index (χ2v) is 41.2. The number of hydrogen-bond donors (Lipinski definition) is 0. The second-order valence-electron chi connectivity index (χ2n) is 15.4. The van der Waals surface area contributed by atoms with E-state index in [0.717, 1.165) is 0 Å². The van der Waals surface area contributed by atoms with Gasteiger partial charge >= 0.3 is 269 Å². The molecule has 2 aliphatic carbocycles. The average Bonchev–Trinajstić information content (AvgIpc) is 3.62. The molecule has 44 heavy (non-hydrogen) atoms. The third-order valence-corrected chi connectivity index (χ3v) is 37.7. The summed E-state index contributed by atoms with van der Waals surface area (Å²) in [5.41, 5.74) is 14.1. The number of benzene rings is 4. The molecule has 0 saturated heterocycles. The summed E-state index contributed by atoms with van der Waals surface area (Å²) in [4.78, 5) is 0. The first-order chi connectivity index (χ1) is 21.0. The van der Waals surface area contributed by atoms with E-state index < -0.39 is 18.0 Å². The van der Waals surface area contributed by atoms with Gasteiger partial charge in [-0.05, 0) is 0 Å². The summed E-state index contributed by atoms with van der Waals surface area (Å²) in [6.45, 7) is 14.1. The first-order valence-corrected chi connectivity index (χ1v) is 29.9. The van der Waals surface area contributed by atoms with Crippen LogP contribution in [0.3, 0.4) is 0 Å². The number of hydrogen-bond acceptors (Lipinski definition) is 0. The van der Waals surface area contributed by atoms with E-state index in [1.54, 1.807) is 11.1 Å². The van der Waals surface area contributed by atoms with Crippen molar-refractivity contribution in [1.29, 1.82) is 0 Å². The average molecular weight is 745 g/mol. The zero-order chi connectivity index (χ0) is 31.2. The van der Waals surface area contributed by atoms with E-state index in [2.05, 4.69) is 160 Å². The third kappa shape index (κ3) is 5.34. The molecule has 0 fully saturated rings. The predicted octanol–water partition coefficient (Wildman–Crippen LogP) is 12.5. The molecule has 0 nitrogen and oxygen atoms in total. The Kier molecular flexibility index (Phi) is 8.34. The Balaban J connectivity index is 1.61. The molecule has 0 bridgehead atoms. The zero-order valence-electron chi connectivity index (χ0n) is 28.1. The molecule has 0 spiro atoms. The van der Waals surface area contributed by atoms with Crippen LogP contribution in [0.25, 0.3) is 34.4 Å². The van der Waals surface area contributed by atoms with Crippen molar-refractivity contribution in [3.63, 3.8) is 0 Å². The quantitative estimate of drug-likeness (QED) is 0.158. The van der Waals surface area contributed by atoms with Crippen LogP contribution in [0.5, 0.6) is 0 Å². The van der Waals surface area contributed by atoms with E-state index >= 15 is 0 Å². The minimum atomic E-state index is -4.13. The summed E-state index contributed by atoms with van der Waals surface area (Å²) in [6, 6.07) is 32.3. The first-order valence-electron chi connectivity index (χ1n) is 16.8. The van der Waals surface area contributed by atoms with E-state index in [1.807, 2.05) is 3.26 Å². The fourth-order valence-corrected chi connectivity index (χ4v) is 34.4. The van der Waals surface area contributed by atoms with E-state index in [1.165, 1.54) is 57.3 Å². The van der Waals surface area contributed by atoms with Crippen molar-refractivity contribution in [3.8, 4) is 22.3 Å². The van der Waals surface area contributed by atoms with Crippen LogP contribution in [0.1, 0.15) is 81.3 Å². The van der Waals surface area contributed by atoms with Gasteiger partial charge in [0.25, 0.3) is 0 Å². The molecule has 2 aliphatic rings. The van der Waals surface area contributed by atoms with Gasteiger partial charge in [-0.1, -0.05) is 0 Å². The van der Waals surface area contributed by atoms with Gasteiger partial charge in [0.2, 0.25) is 0 Å². The van der Waals surface area contributed by atoms with Crippen molar-refractivity contribution < 1.29 is 18.0 Å². The van der Waals surface area contributed by atoms with Crippen LogP contribution in [-0.2, 0) is 18.0 Å². The zero-order valence-corrected chi connectivity index (χ0v) is 31.7. The molecule has 0 N–H and O–H groups in total. The van der Waals surface area contributed by atoms with Crippen molar-refractivity contribution in [3.05, 3.63) is 130 Å². The molecule has 0 aliphatic heterocycles. The number of rotatable bonds is 8. The summed E-state index contributed by atoms with van der Waals surface area (Å²) in [5, 5.41) is 0. The van der Waals surface area contributed by atoms with Gasteiger partial charge in [0, 0.05) is 0 Å². The van der Waals surface area contributed by atoms with Gasteiger partial charge in [-0.25, -0.2) is 0 Å². The molecule has 0 saturated carbocycles. The second kappa shape index (κ2) is 11.8. The summed E-state index contributed by atoms with van der Waals surface area (Å²) >= 11 is -4.13. The van der Waals surface area contributed by atoms with Crippen LogP contribution in [0.15, 0.2) is 97.1 Å². The van der Waals surface area contributed by atoms with Gasteiger partial charge in [0.15, 0.2) is 0 Å². The minimum absolute atomic E-state index is 0.475. The molecule has 0 radical (unpaired) electrons. The molecule has 0 heterocycles. The standard InChI is InChI=1S/2C16H13.C9H18.2CH3.Hf/c2*1-12-5-2-8-14(11-12)16-10-4-7-13-6-3-9-15(13)16;1-8(2)6-5-7-9(3)4;;;/h2*2-11H,1H3;8-9H,6-7H2,1-4H3;2*1H3;. The summed E-state index contributed by atoms with van der Waals surface area (Å²) in [6.07, 6.45) is 12.7. The summed E-state index contributed by atoms with van der Waals surface area (Å²) < 4.78 is 8.54. The van der Waals surface area contributed by atoms with Crippen molar-refractivity contribution >= 4 is 15.4 Å². The van der Waals surface area contributed by atoms with Crippen molar-refractivity contribution in [2.45, 2.75) is 71.1 Å². The Labute approximate surface area is 267 Å². The summed E-state index contributed by atoms with van der Waals surface area (Å²) in [7, 11) is 0. The van der Waals surface area contributed by atoms with Gasteiger partial charge in [0.05, 0.1) is 0 Å². The van der Waals surface area contributed by atoms with Crippen LogP contribution in [0, 0.1) is 25.7 Å². The molecular formula is C43H50Hf. The predicted molar refractivity (Wildman–Crippen MR) is 192 cm³/mol. The fraction of sp³-hybridized carbons (Fsp3) is 0.326. The van der Waals surface area contributed by atoms with Gasteiger partial charge in [-0.2, -0.15) is 0 Å². The molecule has 1 heteroatoms. The molecule has 6 rings (SSSR count). The third-order valence-electron chi connectivity index (χ3n) is 10.9. The van der Waals surface area contributed by atoms with Gasteiger partial charge in [-0.3, -0.25) is 0 Å². The van der Waals surface area contributed by atoms with E-state index in [4.69, 9.17) is 0 Å². The van der Waals surface area contributed by atoms with Crippen LogP contribution in [-0.4, -0.2) is 3.26 Å². The summed E-state index contributed by atoms with van der Waals surface area (Å²) in [5.74, 6) is 1.29. The Hall–Kier alpha value is -2.90. The van der Waals surface area contributed by atoms with Crippen molar-refractivity contribution in [2.24, 2.45) is 11.8 Å². The Bertz CT molecular complexity index is 1720. The van der Waals surface area contributed by atoms with Crippen LogP contribution in [0.2, 0.25) is 9.36 Å². The van der Waals surface area contributed by atoms with Crippen molar-refractivity contribution in [2.75, 3.05) is 0 Å². The number of aryl methyl sites for hydroxylation is 2. The number of fused-ring (bicyclic) bond motifs is 2. The SMILES string of the molecule is Cc1cccc(-c2cccc3c2C=C[CH]3[Hf]([CH3])([CH3])(=[C](CC(C)C)CC(C)C)[CH]2C=Cc3c(-c4cccc(C)c4)cccc32)c1. The van der Waals surface area contributed by atoms with E-state index in [0.29, 0.717) is 19.2 Å². The molecule has 2 unspecified atom stereocenters. The molecule has 0 amide bonds. The van der Waals surface area contributed by atoms with Crippen LogP contribution >= 0.6 is 0 Å². The van der Waals surface area contributed by atoms with Crippen LogP contribution < -0.4 is 0 Å². The normalized spacial score (nSPS) is 17.4. The Morgan fingerprint density at radius 3 is 1.39 bits per heavy atom. The topological polar surface area (TPSA) is 0 Å². The van der Waals surface area contributed by atoms with Gasteiger partial charge < -0.3 is 0 Å². The Morgan fingerprint density at radius 2 is 1.00 bits per heavy atom. The molecule has 226 valence electrons.